The van der Waals surface area contributed by atoms with Crippen molar-refractivity contribution in [3.05, 3.63) is 59.7 Å². The number of ketones is 1. The number of amides is 2. The van der Waals surface area contributed by atoms with E-state index < -0.39 is 28.5 Å². The van der Waals surface area contributed by atoms with Crippen molar-refractivity contribution in [2.45, 2.75) is 32.9 Å². The van der Waals surface area contributed by atoms with Crippen LogP contribution in [0.4, 0.5) is 5.69 Å². The third-order valence-corrected chi connectivity index (χ3v) is 6.50. The molecule has 2 aromatic rings. The highest BCUT2D eigenvalue weighted by atomic mass is 32.2. The molecule has 2 amide bonds. The van der Waals surface area contributed by atoms with Crippen molar-refractivity contribution in [2.75, 3.05) is 31.3 Å². The Kier molecular flexibility index (Phi) is 9.19. The SMILES string of the molecule is CCC(C(=O)NC)N(Cc1ccc(OC)cc1)C(=O)CN(c1cccc(C(C)=O)c1)S(C)(=O)=O. The van der Waals surface area contributed by atoms with E-state index in [9.17, 15) is 22.8 Å². The number of hydrogen-bond acceptors (Lipinski definition) is 6. The molecule has 2 rings (SSSR count). The number of carbonyl (C=O) groups excluding carboxylic acids is 3. The molecule has 9 nitrogen and oxygen atoms in total. The monoisotopic (exact) mass is 489 g/mol. The van der Waals surface area contributed by atoms with Crippen molar-refractivity contribution in [3.8, 4) is 5.75 Å². The van der Waals surface area contributed by atoms with Gasteiger partial charge in [-0.15, -0.1) is 0 Å². The standard InChI is InChI=1S/C24H31N3O6S/c1-6-22(24(30)25-3)26(15-18-10-12-21(33-4)13-11-18)23(29)16-27(34(5,31)32)20-9-7-8-19(14-20)17(2)28/h7-14,22H,6,15-16H2,1-5H3,(H,25,30). The minimum absolute atomic E-state index is 0.0971. The Morgan fingerprint density at radius 1 is 1.09 bits per heavy atom. The first-order valence-electron chi connectivity index (χ1n) is 10.7. The molecular formula is C24H31N3O6S. The maximum Gasteiger partial charge on any atom is 0.244 e. The van der Waals surface area contributed by atoms with Crippen molar-refractivity contribution in [3.63, 3.8) is 0 Å². The first-order chi connectivity index (χ1) is 16.0. The molecule has 0 fully saturated rings. The average Bonchev–Trinajstić information content (AvgIpc) is 2.81. The molecular weight excluding hydrogens is 458 g/mol. The van der Waals surface area contributed by atoms with Gasteiger partial charge in [0.25, 0.3) is 0 Å². The fourth-order valence-corrected chi connectivity index (χ4v) is 4.35. The Morgan fingerprint density at radius 2 is 1.74 bits per heavy atom. The second-order valence-corrected chi connectivity index (χ2v) is 9.69. The minimum Gasteiger partial charge on any atom is -0.497 e. The minimum atomic E-state index is -3.87. The van der Waals surface area contributed by atoms with Crippen LogP contribution >= 0.6 is 0 Å². The molecule has 2 aromatic carbocycles. The number of sulfonamides is 1. The summed E-state index contributed by atoms with van der Waals surface area (Å²) in [4.78, 5) is 39.2. The van der Waals surface area contributed by atoms with Gasteiger partial charge in [0, 0.05) is 19.2 Å². The summed E-state index contributed by atoms with van der Waals surface area (Å²) in [6.45, 7) is 2.73. The van der Waals surface area contributed by atoms with Crippen molar-refractivity contribution in [1.82, 2.24) is 10.2 Å². The molecule has 0 saturated heterocycles. The summed E-state index contributed by atoms with van der Waals surface area (Å²) in [6, 6.07) is 12.3. The van der Waals surface area contributed by atoms with E-state index in [4.69, 9.17) is 4.74 Å². The van der Waals surface area contributed by atoms with Crippen LogP contribution in [0.15, 0.2) is 48.5 Å². The molecule has 0 bridgehead atoms. The average molecular weight is 490 g/mol. The van der Waals surface area contributed by atoms with Crippen LogP contribution < -0.4 is 14.4 Å². The van der Waals surface area contributed by atoms with Crippen molar-refractivity contribution in [1.29, 1.82) is 0 Å². The van der Waals surface area contributed by atoms with Crippen molar-refractivity contribution < 1.29 is 27.5 Å². The molecule has 1 N–H and O–H groups in total. The highest BCUT2D eigenvalue weighted by Crippen LogP contribution is 2.22. The molecule has 0 aromatic heterocycles. The maximum absolute atomic E-state index is 13.5. The number of carbonyl (C=O) groups is 3. The highest BCUT2D eigenvalue weighted by Gasteiger charge is 2.31. The van der Waals surface area contributed by atoms with Gasteiger partial charge < -0.3 is 15.0 Å². The van der Waals surface area contributed by atoms with Crippen LogP contribution in [0.2, 0.25) is 0 Å². The van der Waals surface area contributed by atoms with Crippen LogP contribution in [0, 0.1) is 0 Å². The lowest BCUT2D eigenvalue weighted by atomic mass is 10.1. The number of anilines is 1. The fraction of sp³-hybridized carbons (Fsp3) is 0.375. The van der Waals surface area contributed by atoms with Gasteiger partial charge in [0.2, 0.25) is 21.8 Å². The quantitative estimate of drug-likeness (QED) is 0.484. The van der Waals surface area contributed by atoms with Crippen molar-refractivity contribution in [2.24, 2.45) is 0 Å². The van der Waals surface area contributed by atoms with E-state index in [1.54, 1.807) is 50.4 Å². The fourth-order valence-electron chi connectivity index (χ4n) is 3.51. The second kappa shape index (κ2) is 11.6. The highest BCUT2D eigenvalue weighted by molar-refractivity contribution is 7.92. The van der Waals surface area contributed by atoms with Crippen LogP contribution in [0.25, 0.3) is 0 Å². The molecule has 184 valence electrons. The molecule has 0 aliphatic carbocycles. The zero-order valence-electron chi connectivity index (χ0n) is 20.1. The number of methoxy groups -OCH3 is 1. The van der Waals surface area contributed by atoms with Gasteiger partial charge in [-0.05, 0) is 43.2 Å². The van der Waals surface area contributed by atoms with E-state index in [1.165, 1.54) is 31.0 Å². The Morgan fingerprint density at radius 3 is 2.24 bits per heavy atom. The summed E-state index contributed by atoms with van der Waals surface area (Å²) in [5.41, 5.74) is 1.27. The van der Waals surface area contributed by atoms with Gasteiger partial charge in [-0.3, -0.25) is 18.7 Å². The molecule has 34 heavy (non-hydrogen) atoms. The summed E-state index contributed by atoms with van der Waals surface area (Å²) in [7, 11) is -0.842. The normalized spacial score (nSPS) is 11.9. The summed E-state index contributed by atoms with van der Waals surface area (Å²) in [5, 5.41) is 2.57. The summed E-state index contributed by atoms with van der Waals surface area (Å²) >= 11 is 0. The Bertz CT molecular complexity index is 1130. The Balaban J connectivity index is 2.45. The molecule has 1 atom stereocenters. The second-order valence-electron chi connectivity index (χ2n) is 7.78. The van der Waals surface area contributed by atoms with Gasteiger partial charge in [0.1, 0.15) is 18.3 Å². The smallest absolute Gasteiger partial charge is 0.244 e. The molecule has 0 aliphatic rings. The molecule has 1 unspecified atom stereocenters. The maximum atomic E-state index is 13.5. The number of benzene rings is 2. The Labute approximate surface area is 200 Å². The third-order valence-electron chi connectivity index (χ3n) is 5.36. The van der Waals surface area contributed by atoms with Crippen LogP contribution in [-0.4, -0.2) is 63.9 Å². The number of likely N-dealkylation sites (N-methyl/N-ethyl adjacent to an activating group) is 1. The predicted molar refractivity (Wildman–Crippen MR) is 130 cm³/mol. The molecule has 0 aliphatic heterocycles. The number of ether oxygens (including phenoxy) is 1. The van der Waals surface area contributed by atoms with Gasteiger partial charge in [0.15, 0.2) is 5.78 Å². The molecule has 0 spiro atoms. The summed E-state index contributed by atoms with van der Waals surface area (Å²) in [5.74, 6) is -0.485. The summed E-state index contributed by atoms with van der Waals surface area (Å²) in [6.07, 6.45) is 1.32. The Hall–Kier alpha value is -3.40. The van der Waals surface area contributed by atoms with Gasteiger partial charge in [-0.25, -0.2) is 8.42 Å². The van der Waals surface area contributed by atoms with Crippen LogP contribution in [0.5, 0.6) is 5.75 Å². The topological polar surface area (TPSA) is 113 Å². The molecule has 10 heteroatoms. The van der Waals surface area contributed by atoms with E-state index in [-0.39, 0.29) is 23.9 Å². The van der Waals surface area contributed by atoms with E-state index in [1.807, 2.05) is 0 Å². The lowest BCUT2D eigenvalue weighted by Crippen LogP contribution is -2.51. The number of rotatable bonds is 11. The molecule has 0 heterocycles. The first kappa shape index (κ1) is 26.8. The zero-order valence-corrected chi connectivity index (χ0v) is 20.9. The first-order valence-corrected chi connectivity index (χ1v) is 12.6. The van der Waals surface area contributed by atoms with Gasteiger partial charge in [0.05, 0.1) is 19.1 Å². The lowest BCUT2D eigenvalue weighted by molar-refractivity contribution is -0.140. The number of nitrogens with zero attached hydrogens (tertiary/aromatic N) is 2. The molecule has 0 saturated carbocycles. The number of hydrogen-bond donors (Lipinski definition) is 1. The van der Waals surface area contributed by atoms with Gasteiger partial charge in [-0.1, -0.05) is 31.2 Å². The van der Waals surface area contributed by atoms with Gasteiger partial charge >= 0.3 is 0 Å². The van der Waals surface area contributed by atoms with Crippen molar-refractivity contribution >= 4 is 33.3 Å². The van der Waals surface area contributed by atoms with Crippen LogP contribution in [0.3, 0.4) is 0 Å². The zero-order chi connectivity index (χ0) is 25.5. The van der Waals surface area contributed by atoms with Crippen LogP contribution in [0.1, 0.15) is 36.2 Å². The molecule has 0 radical (unpaired) electrons. The largest absolute Gasteiger partial charge is 0.497 e. The van der Waals surface area contributed by atoms with Crippen LogP contribution in [-0.2, 0) is 26.2 Å². The number of Topliss-reactive ketones (excluding diaryl/α,β-unsaturated/α-hetero) is 1. The predicted octanol–water partition coefficient (Wildman–Crippen LogP) is 2.22. The van der Waals surface area contributed by atoms with E-state index in [2.05, 4.69) is 5.32 Å². The third kappa shape index (κ3) is 6.80. The summed E-state index contributed by atoms with van der Waals surface area (Å²) < 4.78 is 31.3. The van der Waals surface area contributed by atoms with E-state index >= 15 is 0 Å². The lowest BCUT2D eigenvalue weighted by Gasteiger charge is -2.32. The number of nitrogens with one attached hydrogen (secondary N) is 1. The van der Waals surface area contributed by atoms with Gasteiger partial charge in [-0.2, -0.15) is 0 Å². The van der Waals surface area contributed by atoms with E-state index in [0.29, 0.717) is 17.7 Å². The van der Waals surface area contributed by atoms with E-state index in [0.717, 1.165) is 16.1 Å².